The molecule has 5 nitrogen and oxygen atoms in total. The molecule has 0 spiro atoms. The molecule has 7 heteroatoms. The zero-order valence-electron chi connectivity index (χ0n) is 18.6. The number of aryl methyl sites for hydroxylation is 1. The Kier molecular flexibility index (Phi) is 5.62. The molecule has 34 heavy (non-hydrogen) atoms. The van der Waals surface area contributed by atoms with Gasteiger partial charge < -0.3 is 14.1 Å². The fourth-order valence-electron chi connectivity index (χ4n) is 4.35. The maximum absolute atomic E-state index is 13.7. The van der Waals surface area contributed by atoms with Gasteiger partial charge in [-0.25, -0.2) is 4.39 Å². The average molecular weight is 478 g/mol. The summed E-state index contributed by atoms with van der Waals surface area (Å²) in [6.07, 6.45) is 0. The van der Waals surface area contributed by atoms with Crippen LogP contribution in [0.15, 0.2) is 69.9 Å². The molecule has 0 saturated heterocycles. The first-order chi connectivity index (χ1) is 16.4. The summed E-state index contributed by atoms with van der Waals surface area (Å²) in [5.41, 5.74) is 2.50. The molecule has 0 N–H and O–H groups in total. The molecule has 0 radical (unpaired) electrons. The molecule has 1 aromatic heterocycles. The van der Waals surface area contributed by atoms with Crippen LogP contribution in [-0.4, -0.2) is 17.4 Å². The number of hydrogen-bond donors (Lipinski definition) is 0. The highest BCUT2D eigenvalue weighted by Crippen LogP contribution is 2.40. The third-order valence-corrected chi connectivity index (χ3v) is 6.43. The first-order valence-corrected chi connectivity index (χ1v) is 11.3. The van der Waals surface area contributed by atoms with Gasteiger partial charge in [0.15, 0.2) is 5.43 Å². The summed E-state index contributed by atoms with van der Waals surface area (Å²) >= 11 is 6.29. The van der Waals surface area contributed by atoms with E-state index in [0.717, 1.165) is 16.7 Å². The van der Waals surface area contributed by atoms with Crippen LogP contribution in [0.3, 0.4) is 0 Å². The van der Waals surface area contributed by atoms with Crippen LogP contribution in [0.5, 0.6) is 5.75 Å². The normalized spacial score (nSPS) is 15.1. The Hall–Kier alpha value is -3.64. The highest BCUT2D eigenvalue weighted by atomic mass is 35.5. The standard InChI is InChI=1S/C27H21ClFNO4/c1-3-33-19-10-6-17(7-11-19)24-23-25(31)20-13-21(28)15(2)12-22(20)34-26(23)27(32)30(24)14-16-4-8-18(29)9-5-16/h4-13,24H,3,14H2,1-2H3. The van der Waals surface area contributed by atoms with Crippen LogP contribution < -0.4 is 10.2 Å². The second-order valence-electron chi connectivity index (χ2n) is 8.24. The Bertz CT molecular complexity index is 1460. The number of halogens is 2. The summed E-state index contributed by atoms with van der Waals surface area (Å²) in [6.45, 7) is 4.40. The molecule has 3 aromatic carbocycles. The van der Waals surface area contributed by atoms with Crippen molar-refractivity contribution < 1.29 is 18.3 Å². The summed E-state index contributed by atoms with van der Waals surface area (Å²) in [4.78, 5) is 28.8. The quantitative estimate of drug-likeness (QED) is 0.351. The molecule has 0 aliphatic carbocycles. The maximum atomic E-state index is 13.7. The van der Waals surface area contributed by atoms with Gasteiger partial charge in [0, 0.05) is 11.6 Å². The Morgan fingerprint density at radius 1 is 1.06 bits per heavy atom. The minimum Gasteiger partial charge on any atom is -0.494 e. The SMILES string of the molecule is CCOc1ccc(C2c3c(oc4cc(C)c(Cl)cc4c3=O)C(=O)N2Cc2ccc(F)cc2)cc1. The van der Waals surface area contributed by atoms with E-state index in [2.05, 4.69) is 0 Å². The van der Waals surface area contributed by atoms with Crippen molar-refractivity contribution in [3.63, 3.8) is 0 Å². The lowest BCUT2D eigenvalue weighted by molar-refractivity contribution is 0.0714. The molecule has 5 rings (SSSR count). The van der Waals surface area contributed by atoms with E-state index in [1.807, 2.05) is 19.1 Å². The van der Waals surface area contributed by atoms with E-state index in [9.17, 15) is 14.0 Å². The Labute approximate surface area is 200 Å². The minimum atomic E-state index is -0.677. The van der Waals surface area contributed by atoms with E-state index < -0.39 is 11.9 Å². The van der Waals surface area contributed by atoms with E-state index in [1.54, 1.807) is 48.2 Å². The number of carbonyl (C=O) groups excluding carboxylic acids is 1. The second kappa shape index (κ2) is 8.61. The van der Waals surface area contributed by atoms with Crippen LogP contribution >= 0.6 is 11.6 Å². The summed E-state index contributed by atoms with van der Waals surface area (Å²) in [5, 5.41) is 0.770. The van der Waals surface area contributed by atoms with Crippen LogP contribution in [0.25, 0.3) is 11.0 Å². The number of hydrogen-bond acceptors (Lipinski definition) is 4. The number of carbonyl (C=O) groups is 1. The zero-order valence-corrected chi connectivity index (χ0v) is 19.4. The van der Waals surface area contributed by atoms with Gasteiger partial charge in [-0.05, 0) is 66.9 Å². The Morgan fingerprint density at radius 2 is 1.76 bits per heavy atom. The van der Waals surface area contributed by atoms with Gasteiger partial charge in [-0.2, -0.15) is 0 Å². The summed E-state index contributed by atoms with van der Waals surface area (Å²) < 4.78 is 25.0. The van der Waals surface area contributed by atoms with Crippen molar-refractivity contribution in [2.75, 3.05) is 6.61 Å². The van der Waals surface area contributed by atoms with Gasteiger partial charge in [0.25, 0.3) is 5.91 Å². The van der Waals surface area contributed by atoms with E-state index in [4.69, 9.17) is 20.8 Å². The molecule has 0 fully saturated rings. The molecular weight excluding hydrogens is 457 g/mol. The number of ether oxygens (including phenoxy) is 1. The van der Waals surface area contributed by atoms with Crippen LogP contribution in [-0.2, 0) is 6.54 Å². The smallest absolute Gasteiger partial charge is 0.291 e. The Morgan fingerprint density at radius 3 is 2.44 bits per heavy atom. The molecule has 1 aliphatic heterocycles. The van der Waals surface area contributed by atoms with Crippen molar-refractivity contribution >= 4 is 28.5 Å². The lowest BCUT2D eigenvalue weighted by Gasteiger charge is -2.25. The molecule has 0 bridgehead atoms. The molecule has 1 atom stereocenters. The lowest BCUT2D eigenvalue weighted by Crippen LogP contribution is -2.29. The van der Waals surface area contributed by atoms with Crippen molar-refractivity contribution in [3.05, 3.63) is 110 Å². The van der Waals surface area contributed by atoms with Crippen molar-refractivity contribution in [1.82, 2.24) is 4.90 Å². The summed E-state index contributed by atoms with van der Waals surface area (Å²) in [6, 6.07) is 15.8. The maximum Gasteiger partial charge on any atom is 0.291 e. The van der Waals surface area contributed by atoms with Gasteiger partial charge in [0.1, 0.15) is 17.1 Å². The number of fused-ring (bicyclic) bond motifs is 2. The average Bonchev–Trinajstić information content (AvgIpc) is 3.09. The zero-order chi connectivity index (χ0) is 24.0. The van der Waals surface area contributed by atoms with Crippen molar-refractivity contribution in [1.29, 1.82) is 0 Å². The predicted octanol–water partition coefficient (Wildman–Crippen LogP) is 6.04. The monoisotopic (exact) mass is 477 g/mol. The van der Waals surface area contributed by atoms with E-state index in [-0.39, 0.29) is 29.1 Å². The second-order valence-corrected chi connectivity index (χ2v) is 8.64. The number of rotatable bonds is 5. The van der Waals surface area contributed by atoms with Crippen LogP contribution in [0.2, 0.25) is 5.02 Å². The molecule has 1 amide bonds. The minimum absolute atomic E-state index is 0.0141. The molecule has 0 saturated carbocycles. The molecule has 172 valence electrons. The van der Waals surface area contributed by atoms with Gasteiger partial charge in [-0.15, -0.1) is 0 Å². The van der Waals surface area contributed by atoms with Crippen molar-refractivity contribution in [3.8, 4) is 5.75 Å². The highest BCUT2D eigenvalue weighted by molar-refractivity contribution is 6.32. The predicted molar refractivity (Wildman–Crippen MR) is 128 cm³/mol. The highest BCUT2D eigenvalue weighted by Gasteiger charge is 2.42. The van der Waals surface area contributed by atoms with Crippen molar-refractivity contribution in [2.45, 2.75) is 26.4 Å². The van der Waals surface area contributed by atoms with Crippen LogP contribution in [0.4, 0.5) is 4.39 Å². The van der Waals surface area contributed by atoms with Gasteiger partial charge >= 0.3 is 0 Å². The number of amides is 1. The number of benzene rings is 3. The van der Waals surface area contributed by atoms with Gasteiger partial charge in [-0.1, -0.05) is 35.9 Å². The fraction of sp³-hybridized carbons (Fsp3) is 0.185. The van der Waals surface area contributed by atoms with Gasteiger partial charge in [0.2, 0.25) is 5.76 Å². The van der Waals surface area contributed by atoms with E-state index in [0.29, 0.717) is 28.3 Å². The fourth-order valence-corrected chi connectivity index (χ4v) is 4.51. The Balaban J connectivity index is 1.69. The first-order valence-electron chi connectivity index (χ1n) is 10.9. The van der Waals surface area contributed by atoms with Gasteiger partial charge in [0.05, 0.1) is 23.6 Å². The summed E-state index contributed by atoms with van der Waals surface area (Å²) in [5.74, 6) is -0.0584. The third-order valence-electron chi connectivity index (χ3n) is 6.02. The first kappa shape index (κ1) is 22.2. The van der Waals surface area contributed by atoms with E-state index in [1.165, 1.54) is 12.1 Å². The van der Waals surface area contributed by atoms with Crippen LogP contribution in [0, 0.1) is 12.7 Å². The molecule has 1 unspecified atom stereocenters. The molecule has 2 heterocycles. The number of nitrogens with zero attached hydrogens (tertiary/aromatic N) is 1. The van der Waals surface area contributed by atoms with Crippen molar-refractivity contribution in [2.24, 2.45) is 0 Å². The molecular formula is C27H21ClFNO4. The topological polar surface area (TPSA) is 59.8 Å². The molecule has 4 aromatic rings. The van der Waals surface area contributed by atoms with Crippen LogP contribution in [0.1, 0.15) is 45.8 Å². The van der Waals surface area contributed by atoms with Gasteiger partial charge in [-0.3, -0.25) is 9.59 Å². The summed E-state index contributed by atoms with van der Waals surface area (Å²) in [7, 11) is 0. The largest absolute Gasteiger partial charge is 0.494 e. The lowest BCUT2D eigenvalue weighted by atomic mass is 9.98. The van der Waals surface area contributed by atoms with E-state index >= 15 is 0 Å². The third kappa shape index (κ3) is 3.74. The molecule has 1 aliphatic rings.